The number of thiophene rings is 1. The number of amides is 2. The molecule has 5 nitrogen and oxygen atoms in total. The van der Waals surface area contributed by atoms with Crippen molar-refractivity contribution in [2.24, 2.45) is 0 Å². The Kier molecular flexibility index (Phi) is 5.02. The maximum Gasteiger partial charge on any atom is 0.261 e. The van der Waals surface area contributed by atoms with Crippen LogP contribution < -0.4 is 10.6 Å². The van der Waals surface area contributed by atoms with E-state index in [2.05, 4.69) is 15.6 Å². The van der Waals surface area contributed by atoms with E-state index in [1.165, 1.54) is 29.6 Å². The number of hydrogen-bond donors (Lipinski definition) is 2. The number of hydrogen-bond acceptors (Lipinski definition) is 5. The van der Waals surface area contributed by atoms with E-state index >= 15 is 0 Å². The van der Waals surface area contributed by atoms with Crippen LogP contribution in [0.15, 0.2) is 47.2 Å². The molecular weight excluding hydrogens is 342 g/mol. The first kappa shape index (κ1) is 16.4. The number of anilines is 1. The molecular formula is C17H15N3O2S2. The minimum absolute atomic E-state index is 0.0820. The molecule has 0 unspecified atom stereocenters. The second-order valence-electron chi connectivity index (χ2n) is 5.05. The lowest BCUT2D eigenvalue weighted by molar-refractivity contribution is -0.114. The molecule has 3 rings (SSSR count). The van der Waals surface area contributed by atoms with Gasteiger partial charge in [0.25, 0.3) is 5.91 Å². The fourth-order valence-corrected chi connectivity index (χ4v) is 3.49. The zero-order chi connectivity index (χ0) is 16.9. The summed E-state index contributed by atoms with van der Waals surface area (Å²) in [7, 11) is 0. The molecule has 24 heavy (non-hydrogen) atoms. The van der Waals surface area contributed by atoms with Gasteiger partial charge in [0.05, 0.1) is 17.1 Å². The Labute approximate surface area is 147 Å². The summed E-state index contributed by atoms with van der Waals surface area (Å²) in [4.78, 5) is 28.2. The third-order valence-corrected chi connectivity index (χ3v) is 4.92. The smallest absolute Gasteiger partial charge is 0.261 e. The first-order valence-electron chi connectivity index (χ1n) is 7.26. The molecule has 3 aromatic rings. The van der Waals surface area contributed by atoms with Crippen LogP contribution in [-0.2, 0) is 11.3 Å². The van der Waals surface area contributed by atoms with Crippen LogP contribution in [0.4, 0.5) is 5.69 Å². The Hall–Kier alpha value is -2.51. The molecule has 2 aromatic heterocycles. The highest BCUT2D eigenvalue weighted by Crippen LogP contribution is 2.23. The Balaban J connectivity index is 1.62. The summed E-state index contributed by atoms with van der Waals surface area (Å²) in [5.41, 5.74) is 2.58. The van der Waals surface area contributed by atoms with Gasteiger partial charge in [0.2, 0.25) is 5.91 Å². The maximum atomic E-state index is 11.9. The second-order valence-corrected chi connectivity index (χ2v) is 6.94. The quantitative estimate of drug-likeness (QED) is 0.730. The summed E-state index contributed by atoms with van der Waals surface area (Å²) in [5.74, 6) is -0.179. The van der Waals surface area contributed by atoms with E-state index in [-0.39, 0.29) is 11.8 Å². The van der Waals surface area contributed by atoms with Crippen molar-refractivity contribution >= 4 is 40.2 Å². The minimum Gasteiger partial charge on any atom is -0.345 e. The van der Waals surface area contributed by atoms with Crippen molar-refractivity contribution in [2.75, 3.05) is 5.32 Å². The van der Waals surface area contributed by atoms with E-state index in [9.17, 15) is 9.59 Å². The van der Waals surface area contributed by atoms with Crippen LogP contribution in [0.3, 0.4) is 0 Å². The monoisotopic (exact) mass is 357 g/mol. The highest BCUT2D eigenvalue weighted by molar-refractivity contribution is 7.12. The lowest BCUT2D eigenvalue weighted by Gasteiger charge is -2.03. The molecule has 7 heteroatoms. The number of nitrogens with one attached hydrogen (secondary N) is 2. The Morgan fingerprint density at radius 1 is 1.12 bits per heavy atom. The third kappa shape index (κ3) is 4.06. The molecule has 0 atom stereocenters. The Morgan fingerprint density at radius 2 is 1.92 bits per heavy atom. The number of carbonyl (C=O) groups excluding carboxylic acids is 2. The molecule has 0 aliphatic heterocycles. The van der Waals surface area contributed by atoms with E-state index in [4.69, 9.17) is 0 Å². The normalized spacial score (nSPS) is 10.4. The van der Waals surface area contributed by atoms with Gasteiger partial charge in [-0.15, -0.1) is 22.7 Å². The van der Waals surface area contributed by atoms with Crippen molar-refractivity contribution in [2.45, 2.75) is 13.5 Å². The minimum atomic E-state index is -0.0971. The topological polar surface area (TPSA) is 71.1 Å². The van der Waals surface area contributed by atoms with Crippen LogP contribution in [0.1, 0.15) is 21.6 Å². The summed E-state index contributed by atoms with van der Waals surface area (Å²) in [5, 5.41) is 10.3. The first-order valence-corrected chi connectivity index (χ1v) is 9.02. The molecule has 1 aromatic carbocycles. The highest BCUT2D eigenvalue weighted by Gasteiger charge is 2.09. The van der Waals surface area contributed by atoms with Crippen LogP contribution in [-0.4, -0.2) is 16.8 Å². The van der Waals surface area contributed by atoms with E-state index < -0.39 is 0 Å². The number of benzene rings is 1. The maximum absolute atomic E-state index is 11.9. The molecule has 0 aliphatic rings. The lowest BCUT2D eigenvalue weighted by Crippen LogP contribution is -2.21. The van der Waals surface area contributed by atoms with Gasteiger partial charge in [-0.25, -0.2) is 4.98 Å². The number of rotatable bonds is 5. The molecule has 0 fully saturated rings. The van der Waals surface area contributed by atoms with Crippen molar-refractivity contribution in [3.8, 4) is 11.3 Å². The average Bonchev–Trinajstić information content (AvgIpc) is 3.25. The molecule has 0 spiro atoms. The average molecular weight is 357 g/mol. The van der Waals surface area contributed by atoms with Gasteiger partial charge >= 0.3 is 0 Å². The van der Waals surface area contributed by atoms with Crippen LogP contribution >= 0.6 is 22.7 Å². The fraction of sp³-hybridized carbons (Fsp3) is 0.118. The number of nitrogens with zero attached hydrogens (tertiary/aromatic N) is 1. The number of thiazole rings is 1. The van der Waals surface area contributed by atoms with Gasteiger partial charge in [0.1, 0.15) is 5.01 Å². The molecule has 2 amide bonds. The van der Waals surface area contributed by atoms with Crippen molar-refractivity contribution < 1.29 is 9.59 Å². The van der Waals surface area contributed by atoms with Gasteiger partial charge in [-0.2, -0.15) is 0 Å². The van der Waals surface area contributed by atoms with Gasteiger partial charge in [-0.1, -0.05) is 18.2 Å². The van der Waals surface area contributed by atoms with Gasteiger partial charge in [0.15, 0.2) is 0 Å². The van der Waals surface area contributed by atoms with E-state index in [1.807, 2.05) is 41.1 Å². The van der Waals surface area contributed by atoms with Gasteiger partial charge in [0, 0.05) is 23.6 Å². The van der Waals surface area contributed by atoms with Crippen molar-refractivity contribution in [3.05, 3.63) is 57.0 Å². The van der Waals surface area contributed by atoms with Crippen LogP contribution in [0.25, 0.3) is 11.3 Å². The van der Waals surface area contributed by atoms with Crippen LogP contribution in [0, 0.1) is 0 Å². The lowest BCUT2D eigenvalue weighted by atomic mass is 10.1. The first-order chi connectivity index (χ1) is 11.6. The molecule has 0 saturated heterocycles. The summed E-state index contributed by atoms with van der Waals surface area (Å²) >= 11 is 2.92. The summed E-state index contributed by atoms with van der Waals surface area (Å²) < 4.78 is 0. The molecule has 2 N–H and O–H groups in total. The largest absolute Gasteiger partial charge is 0.345 e. The SMILES string of the molecule is CC(=O)Nc1ccc(-c2csc(CNC(=O)c3cccs3)n2)cc1. The summed E-state index contributed by atoms with van der Waals surface area (Å²) in [6.45, 7) is 1.89. The Bertz CT molecular complexity index is 839. The highest BCUT2D eigenvalue weighted by atomic mass is 32.1. The summed E-state index contributed by atoms with van der Waals surface area (Å²) in [6, 6.07) is 11.2. The fourth-order valence-electron chi connectivity index (χ4n) is 2.10. The Morgan fingerprint density at radius 3 is 2.58 bits per heavy atom. The zero-order valence-corrected chi connectivity index (χ0v) is 14.5. The molecule has 122 valence electrons. The molecule has 2 heterocycles. The number of carbonyl (C=O) groups is 2. The van der Waals surface area contributed by atoms with Gasteiger partial charge < -0.3 is 10.6 Å². The predicted octanol–water partition coefficient (Wildman–Crippen LogP) is 3.76. The van der Waals surface area contributed by atoms with E-state index in [0.717, 1.165) is 22.0 Å². The van der Waals surface area contributed by atoms with Crippen molar-refractivity contribution in [3.63, 3.8) is 0 Å². The van der Waals surface area contributed by atoms with Crippen LogP contribution in [0.5, 0.6) is 0 Å². The van der Waals surface area contributed by atoms with Crippen molar-refractivity contribution in [1.82, 2.24) is 10.3 Å². The van der Waals surface area contributed by atoms with Crippen molar-refractivity contribution in [1.29, 1.82) is 0 Å². The summed E-state index contributed by atoms with van der Waals surface area (Å²) in [6.07, 6.45) is 0. The van der Waals surface area contributed by atoms with E-state index in [0.29, 0.717) is 11.4 Å². The van der Waals surface area contributed by atoms with Crippen LogP contribution in [0.2, 0.25) is 0 Å². The second kappa shape index (κ2) is 7.37. The zero-order valence-electron chi connectivity index (χ0n) is 12.9. The molecule has 0 radical (unpaired) electrons. The molecule has 0 aliphatic carbocycles. The molecule has 0 saturated carbocycles. The third-order valence-electron chi connectivity index (χ3n) is 3.20. The molecule has 0 bridgehead atoms. The standard InChI is InChI=1S/C17H15N3O2S2/c1-11(21)19-13-6-4-12(5-7-13)14-10-24-16(20-14)9-18-17(22)15-3-2-8-23-15/h2-8,10H,9H2,1H3,(H,18,22)(H,19,21). The number of aromatic nitrogens is 1. The van der Waals surface area contributed by atoms with Gasteiger partial charge in [-0.05, 0) is 23.6 Å². The van der Waals surface area contributed by atoms with Gasteiger partial charge in [-0.3, -0.25) is 9.59 Å². The predicted molar refractivity (Wildman–Crippen MR) is 97.3 cm³/mol. The van der Waals surface area contributed by atoms with E-state index in [1.54, 1.807) is 6.07 Å².